The molecule has 7 heteroatoms. The van der Waals surface area contributed by atoms with Crippen LogP contribution in [0.1, 0.15) is 24.8 Å². The van der Waals surface area contributed by atoms with Crippen molar-refractivity contribution in [1.82, 2.24) is 19.7 Å². The van der Waals surface area contributed by atoms with Gasteiger partial charge in [-0.25, -0.2) is 4.68 Å². The fourth-order valence-corrected chi connectivity index (χ4v) is 3.36. The van der Waals surface area contributed by atoms with Gasteiger partial charge in [0.25, 0.3) is 5.56 Å². The first-order valence-electron chi connectivity index (χ1n) is 8.94. The van der Waals surface area contributed by atoms with E-state index in [-0.39, 0.29) is 17.4 Å². The van der Waals surface area contributed by atoms with E-state index in [1.807, 2.05) is 19.2 Å². The molecule has 7 nitrogen and oxygen atoms in total. The van der Waals surface area contributed by atoms with Gasteiger partial charge >= 0.3 is 0 Å². The van der Waals surface area contributed by atoms with Gasteiger partial charge in [-0.05, 0) is 30.4 Å². The minimum atomic E-state index is -0.114. The van der Waals surface area contributed by atoms with Gasteiger partial charge in [0, 0.05) is 58.6 Å². The van der Waals surface area contributed by atoms with E-state index in [2.05, 4.69) is 15.0 Å². The third-order valence-corrected chi connectivity index (χ3v) is 4.87. The predicted molar refractivity (Wildman–Crippen MR) is 99.7 cm³/mol. The lowest BCUT2D eigenvalue weighted by molar-refractivity contribution is -0.131. The molecule has 3 rings (SSSR count). The molecule has 0 spiro atoms. The number of carbonyl (C=O) groups excluding carboxylic acids is 1. The van der Waals surface area contributed by atoms with Crippen molar-refractivity contribution in [2.24, 2.45) is 13.0 Å². The number of anilines is 1. The van der Waals surface area contributed by atoms with E-state index in [0.717, 1.165) is 37.2 Å². The van der Waals surface area contributed by atoms with Gasteiger partial charge in [-0.1, -0.05) is 6.07 Å². The van der Waals surface area contributed by atoms with Gasteiger partial charge in [0.05, 0.1) is 11.9 Å². The van der Waals surface area contributed by atoms with E-state index in [4.69, 9.17) is 0 Å². The number of nitrogens with zero attached hydrogens (tertiary/aromatic N) is 5. The number of rotatable bonds is 5. The van der Waals surface area contributed by atoms with Crippen molar-refractivity contribution in [3.8, 4) is 0 Å². The molecule has 0 bridgehead atoms. The summed E-state index contributed by atoms with van der Waals surface area (Å²) < 4.78 is 1.32. The number of aromatic nitrogens is 3. The number of piperidine rings is 1. The van der Waals surface area contributed by atoms with Gasteiger partial charge in [0.15, 0.2) is 0 Å². The smallest absolute Gasteiger partial charge is 0.268 e. The Morgan fingerprint density at radius 3 is 2.96 bits per heavy atom. The van der Waals surface area contributed by atoms with Crippen LogP contribution in [0.2, 0.25) is 0 Å². The largest absolute Gasteiger partial charge is 0.370 e. The van der Waals surface area contributed by atoms with Crippen LogP contribution >= 0.6 is 0 Å². The van der Waals surface area contributed by atoms with E-state index in [1.54, 1.807) is 36.6 Å². The summed E-state index contributed by atoms with van der Waals surface area (Å²) in [6.45, 7) is 2.24. The summed E-state index contributed by atoms with van der Waals surface area (Å²) in [6.07, 6.45) is 7.80. The van der Waals surface area contributed by atoms with Crippen LogP contribution < -0.4 is 10.5 Å². The number of hydrogen-bond donors (Lipinski definition) is 0. The summed E-state index contributed by atoms with van der Waals surface area (Å²) >= 11 is 0. The van der Waals surface area contributed by atoms with Gasteiger partial charge in [0.2, 0.25) is 5.91 Å². The molecule has 2 aromatic heterocycles. The topological polar surface area (TPSA) is 71.3 Å². The number of carbonyl (C=O) groups is 1. The van der Waals surface area contributed by atoms with Gasteiger partial charge in [-0.15, -0.1) is 0 Å². The third kappa shape index (κ3) is 4.47. The minimum Gasteiger partial charge on any atom is -0.370 e. The maximum absolute atomic E-state index is 12.6. The standard InChI is InChI=1S/C19H25N5O2/c1-22(13-16-5-3-7-20-11-16)18(25)9-15-6-4-8-24(14-15)17-10-19(26)23(2)21-12-17/h3,5,7,10-12,15H,4,6,8-9,13-14H2,1-2H3. The lowest BCUT2D eigenvalue weighted by atomic mass is 9.94. The lowest BCUT2D eigenvalue weighted by Crippen LogP contribution is -2.39. The zero-order chi connectivity index (χ0) is 18.5. The molecule has 0 N–H and O–H groups in total. The molecule has 1 unspecified atom stereocenters. The van der Waals surface area contributed by atoms with Crippen LogP contribution in [-0.2, 0) is 18.4 Å². The molecule has 2 aromatic rings. The maximum Gasteiger partial charge on any atom is 0.268 e. The molecule has 0 radical (unpaired) electrons. The van der Waals surface area contributed by atoms with Gasteiger partial charge in [-0.2, -0.15) is 5.10 Å². The van der Waals surface area contributed by atoms with Crippen LogP contribution in [0.5, 0.6) is 0 Å². The molecule has 1 aliphatic heterocycles. The summed E-state index contributed by atoms with van der Waals surface area (Å²) in [5.41, 5.74) is 1.76. The molecule has 1 saturated heterocycles. The molecule has 138 valence electrons. The molecule has 26 heavy (non-hydrogen) atoms. The Balaban J connectivity index is 1.58. The van der Waals surface area contributed by atoms with Crippen LogP contribution in [0.25, 0.3) is 0 Å². The SMILES string of the molecule is CN(Cc1cccnc1)C(=O)CC1CCCN(c2cnn(C)c(=O)c2)C1. The van der Waals surface area contributed by atoms with Crippen molar-refractivity contribution in [3.63, 3.8) is 0 Å². The summed E-state index contributed by atoms with van der Waals surface area (Å²) in [7, 11) is 3.47. The van der Waals surface area contributed by atoms with Crippen LogP contribution in [0.4, 0.5) is 5.69 Å². The van der Waals surface area contributed by atoms with E-state index in [0.29, 0.717) is 13.0 Å². The van der Waals surface area contributed by atoms with Crippen LogP contribution in [-0.4, -0.2) is 45.7 Å². The van der Waals surface area contributed by atoms with Crippen molar-refractivity contribution in [2.45, 2.75) is 25.8 Å². The Morgan fingerprint density at radius 1 is 1.38 bits per heavy atom. The molecule has 0 saturated carbocycles. The normalized spacial score (nSPS) is 17.2. The highest BCUT2D eigenvalue weighted by molar-refractivity contribution is 5.76. The van der Waals surface area contributed by atoms with Crippen LogP contribution in [0.3, 0.4) is 0 Å². The Morgan fingerprint density at radius 2 is 2.23 bits per heavy atom. The van der Waals surface area contributed by atoms with Crippen LogP contribution in [0.15, 0.2) is 41.6 Å². The van der Waals surface area contributed by atoms with Gasteiger partial charge in [0.1, 0.15) is 0 Å². The van der Waals surface area contributed by atoms with E-state index < -0.39 is 0 Å². The second-order valence-electron chi connectivity index (χ2n) is 6.95. The van der Waals surface area contributed by atoms with Crippen LogP contribution in [0, 0.1) is 5.92 Å². The Hall–Kier alpha value is -2.70. The number of aryl methyl sites for hydroxylation is 1. The highest BCUT2D eigenvalue weighted by Gasteiger charge is 2.24. The average Bonchev–Trinajstić information content (AvgIpc) is 2.65. The maximum atomic E-state index is 12.6. The minimum absolute atomic E-state index is 0.114. The molecule has 0 aromatic carbocycles. The number of hydrogen-bond acceptors (Lipinski definition) is 5. The molecule has 3 heterocycles. The average molecular weight is 355 g/mol. The van der Waals surface area contributed by atoms with Crippen molar-refractivity contribution in [1.29, 1.82) is 0 Å². The Kier molecular flexibility index (Phi) is 5.65. The lowest BCUT2D eigenvalue weighted by Gasteiger charge is -2.34. The second kappa shape index (κ2) is 8.12. The van der Waals surface area contributed by atoms with Crippen molar-refractivity contribution in [2.75, 3.05) is 25.0 Å². The third-order valence-electron chi connectivity index (χ3n) is 4.87. The highest BCUT2D eigenvalue weighted by atomic mass is 16.2. The summed E-state index contributed by atoms with van der Waals surface area (Å²) in [6, 6.07) is 5.47. The molecular weight excluding hydrogens is 330 g/mol. The second-order valence-corrected chi connectivity index (χ2v) is 6.95. The fourth-order valence-electron chi connectivity index (χ4n) is 3.36. The predicted octanol–water partition coefficient (Wildman–Crippen LogP) is 1.44. The molecule has 1 fully saturated rings. The zero-order valence-corrected chi connectivity index (χ0v) is 15.3. The van der Waals surface area contributed by atoms with Gasteiger partial charge < -0.3 is 9.80 Å². The highest BCUT2D eigenvalue weighted by Crippen LogP contribution is 2.24. The molecule has 0 aliphatic carbocycles. The van der Waals surface area contributed by atoms with E-state index in [1.165, 1.54) is 4.68 Å². The van der Waals surface area contributed by atoms with E-state index in [9.17, 15) is 9.59 Å². The molecule has 1 aliphatic rings. The molecule has 1 amide bonds. The zero-order valence-electron chi connectivity index (χ0n) is 15.3. The van der Waals surface area contributed by atoms with Crippen molar-refractivity contribution < 1.29 is 4.79 Å². The van der Waals surface area contributed by atoms with Gasteiger partial charge in [-0.3, -0.25) is 14.6 Å². The summed E-state index contributed by atoms with van der Waals surface area (Å²) in [4.78, 5) is 32.4. The first-order valence-corrected chi connectivity index (χ1v) is 8.94. The van der Waals surface area contributed by atoms with E-state index >= 15 is 0 Å². The monoisotopic (exact) mass is 355 g/mol. The quantitative estimate of drug-likeness (QED) is 0.812. The number of amides is 1. The Labute approximate surface area is 153 Å². The first kappa shape index (κ1) is 18.1. The first-order chi connectivity index (χ1) is 12.5. The van der Waals surface area contributed by atoms with Crippen molar-refractivity contribution in [3.05, 3.63) is 52.7 Å². The Bertz CT molecular complexity index is 805. The summed E-state index contributed by atoms with van der Waals surface area (Å²) in [5, 5.41) is 4.10. The summed E-state index contributed by atoms with van der Waals surface area (Å²) in [5.74, 6) is 0.430. The van der Waals surface area contributed by atoms with Crippen molar-refractivity contribution >= 4 is 11.6 Å². The molecular formula is C19H25N5O2. The molecule has 1 atom stereocenters. The number of pyridine rings is 1. The fraction of sp³-hybridized carbons (Fsp3) is 0.474.